The Labute approximate surface area is 86.5 Å². The molecule has 0 heterocycles. The number of rotatable bonds is 5. The molecule has 14 heavy (non-hydrogen) atoms. The lowest BCUT2D eigenvalue weighted by molar-refractivity contribution is 0.350. The Hall–Kier alpha value is -0.690. The maximum atomic E-state index is 5.21. The van der Waals surface area contributed by atoms with Crippen molar-refractivity contribution in [2.75, 3.05) is 14.2 Å². The molecule has 0 amide bonds. The van der Waals surface area contributed by atoms with E-state index in [1.54, 1.807) is 14.2 Å². The molecule has 0 spiro atoms. The molecule has 0 fully saturated rings. The average molecular weight is 210 g/mol. The fourth-order valence-electron chi connectivity index (χ4n) is 1.21. The average Bonchev–Trinajstić information content (AvgIpc) is 2.23. The first kappa shape index (κ1) is 11.4. The second-order valence-corrected chi connectivity index (χ2v) is 4.54. The fraction of sp³-hybridized carbons (Fsp3) is 0.273. The standard InChI is InChI=1S/C11H15O2P/c1-4-5-10-6-8-11(9-7-10)14(12-2)13-3/h4,6-9H,1,5H2,2-3H3. The molecule has 76 valence electrons. The van der Waals surface area contributed by atoms with Crippen LogP contribution in [0.2, 0.25) is 0 Å². The molecule has 3 heteroatoms. The normalized spacial score (nSPS) is 10.5. The van der Waals surface area contributed by atoms with Gasteiger partial charge in [0.2, 0.25) is 8.38 Å². The Morgan fingerprint density at radius 2 is 1.79 bits per heavy atom. The van der Waals surface area contributed by atoms with E-state index in [-0.39, 0.29) is 0 Å². The van der Waals surface area contributed by atoms with Gasteiger partial charge in [0.05, 0.1) is 0 Å². The van der Waals surface area contributed by atoms with Crippen molar-refractivity contribution < 1.29 is 9.05 Å². The highest BCUT2D eigenvalue weighted by molar-refractivity contribution is 7.55. The number of benzene rings is 1. The summed E-state index contributed by atoms with van der Waals surface area (Å²) in [6.45, 7) is 3.70. The van der Waals surface area contributed by atoms with Crippen LogP contribution in [0.4, 0.5) is 0 Å². The Kier molecular flexibility index (Phi) is 4.81. The molecule has 1 rings (SSSR count). The van der Waals surface area contributed by atoms with E-state index >= 15 is 0 Å². The summed E-state index contributed by atoms with van der Waals surface area (Å²) in [6, 6.07) is 8.23. The van der Waals surface area contributed by atoms with Gasteiger partial charge in [-0.05, 0) is 24.1 Å². The zero-order chi connectivity index (χ0) is 10.4. The molecule has 0 bridgehead atoms. The van der Waals surface area contributed by atoms with E-state index < -0.39 is 8.38 Å². The molecule has 0 aromatic heterocycles. The van der Waals surface area contributed by atoms with E-state index in [1.165, 1.54) is 5.56 Å². The van der Waals surface area contributed by atoms with Gasteiger partial charge in [-0.25, -0.2) is 0 Å². The highest BCUT2D eigenvalue weighted by Gasteiger charge is 2.08. The zero-order valence-electron chi connectivity index (χ0n) is 8.56. The van der Waals surface area contributed by atoms with Crippen LogP contribution < -0.4 is 5.30 Å². The van der Waals surface area contributed by atoms with Gasteiger partial charge in [0.15, 0.2) is 0 Å². The molecule has 0 N–H and O–H groups in total. The van der Waals surface area contributed by atoms with Crippen LogP contribution >= 0.6 is 8.38 Å². The van der Waals surface area contributed by atoms with Crippen molar-refractivity contribution in [1.29, 1.82) is 0 Å². The minimum atomic E-state index is -0.899. The lowest BCUT2D eigenvalue weighted by Crippen LogP contribution is -2.03. The third-order valence-corrected chi connectivity index (χ3v) is 3.24. The minimum absolute atomic E-state index is 0.899. The van der Waals surface area contributed by atoms with Gasteiger partial charge in [-0.1, -0.05) is 18.2 Å². The van der Waals surface area contributed by atoms with Gasteiger partial charge >= 0.3 is 0 Å². The van der Waals surface area contributed by atoms with Crippen molar-refractivity contribution in [2.24, 2.45) is 0 Å². The summed E-state index contributed by atoms with van der Waals surface area (Å²) in [4.78, 5) is 0. The molecule has 0 atom stereocenters. The number of allylic oxidation sites excluding steroid dienone is 1. The van der Waals surface area contributed by atoms with E-state index in [2.05, 4.69) is 18.7 Å². The van der Waals surface area contributed by atoms with Gasteiger partial charge in [-0.15, -0.1) is 6.58 Å². The maximum Gasteiger partial charge on any atom is 0.204 e. The highest BCUT2D eigenvalue weighted by Crippen LogP contribution is 2.34. The second-order valence-electron chi connectivity index (χ2n) is 2.78. The van der Waals surface area contributed by atoms with Gasteiger partial charge in [0, 0.05) is 19.5 Å². The van der Waals surface area contributed by atoms with Crippen LogP contribution in [0, 0.1) is 0 Å². The van der Waals surface area contributed by atoms with E-state index in [4.69, 9.17) is 9.05 Å². The molecular formula is C11H15O2P. The van der Waals surface area contributed by atoms with Crippen molar-refractivity contribution in [1.82, 2.24) is 0 Å². The van der Waals surface area contributed by atoms with Crippen molar-refractivity contribution in [2.45, 2.75) is 6.42 Å². The zero-order valence-corrected chi connectivity index (χ0v) is 9.46. The molecule has 0 unspecified atom stereocenters. The van der Waals surface area contributed by atoms with Crippen LogP contribution in [0.15, 0.2) is 36.9 Å². The third-order valence-electron chi connectivity index (χ3n) is 1.86. The summed E-state index contributed by atoms with van der Waals surface area (Å²) in [5.74, 6) is 0. The Morgan fingerprint density at radius 1 is 1.21 bits per heavy atom. The van der Waals surface area contributed by atoms with Crippen LogP contribution in [0.1, 0.15) is 5.56 Å². The summed E-state index contributed by atoms with van der Waals surface area (Å²) in [6.07, 6.45) is 2.79. The molecule has 0 aliphatic carbocycles. The molecule has 0 radical (unpaired) electrons. The monoisotopic (exact) mass is 210 g/mol. The molecule has 0 aliphatic heterocycles. The van der Waals surface area contributed by atoms with E-state index in [0.717, 1.165) is 11.7 Å². The summed E-state index contributed by atoms with van der Waals surface area (Å²) in [5, 5.41) is 1.10. The summed E-state index contributed by atoms with van der Waals surface area (Å²) in [5.41, 5.74) is 1.26. The predicted molar refractivity (Wildman–Crippen MR) is 60.9 cm³/mol. The SMILES string of the molecule is C=CCc1ccc(P(OC)OC)cc1. The van der Waals surface area contributed by atoms with Gasteiger partial charge < -0.3 is 9.05 Å². The summed E-state index contributed by atoms with van der Waals surface area (Å²) < 4.78 is 10.4. The molecule has 0 saturated heterocycles. The lowest BCUT2D eigenvalue weighted by atomic mass is 10.2. The van der Waals surface area contributed by atoms with Crippen molar-refractivity contribution >= 4 is 13.7 Å². The molecular weight excluding hydrogens is 195 g/mol. The quantitative estimate of drug-likeness (QED) is 0.549. The lowest BCUT2D eigenvalue weighted by Gasteiger charge is -2.12. The van der Waals surface area contributed by atoms with Crippen molar-refractivity contribution in [3.8, 4) is 0 Å². The van der Waals surface area contributed by atoms with E-state index in [9.17, 15) is 0 Å². The van der Waals surface area contributed by atoms with Gasteiger partial charge in [-0.2, -0.15) is 0 Å². The Morgan fingerprint density at radius 3 is 2.21 bits per heavy atom. The topological polar surface area (TPSA) is 18.5 Å². The Bertz CT molecular complexity index is 278. The predicted octanol–water partition coefficient (Wildman–Crippen LogP) is 2.65. The summed E-state index contributed by atoms with van der Waals surface area (Å²) >= 11 is 0. The van der Waals surface area contributed by atoms with E-state index in [1.807, 2.05) is 18.2 Å². The van der Waals surface area contributed by atoms with Crippen LogP contribution in [0.3, 0.4) is 0 Å². The maximum absolute atomic E-state index is 5.21. The first-order valence-corrected chi connectivity index (χ1v) is 5.57. The van der Waals surface area contributed by atoms with Crippen LogP contribution in [0.25, 0.3) is 0 Å². The van der Waals surface area contributed by atoms with Gasteiger partial charge in [0.25, 0.3) is 0 Å². The highest BCUT2D eigenvalue weighted by atomic mass is 31.2. The van der Waals surface area contributed by atoms with Gasteiger partial charge in [-0.3, -0.25) is 0 Å². The number of hydrogen-bond donors (Lipinski definition) is 0. The Balaban J connectivity index is 2.76. The first-order valence-electron chi connectivity index (χ1n) is 4.40. The van der Waals surface area contributed by atoms with Crippen LogP contribution in [0.5, 0.6) is 0 Å². The second kappa shape index (κ2) is 5.92. The molecule has 1 aromatic carbocycles. The van der Waals surface area contributed by atoms with Crippen molar-refractivity contribution in [3.63, 3.8) is 0 Å². The van der Waals surface area contributed by atoms with Gasteiger partial charge in [0.1, 0.15) is 0 Å². The van der Waals surface area contributed by atoms with Crippen molar-refractivity contribution in [3.05, 3.63) is 42.5 Å². The van der Waals surface area contributed by atoms with E-state index in [0.29, 0.717) is 0 Å². The van der Waals surface area contributed by atoms with Crippen LogP contribution in [-0.2, 0) is 15.5 Å². The summed E-state index contributed by atoms with van der Waals surface area (Å²) in [7, 11) is 2.42. The molecule has 2 nitrogen and oxygen atoms in total. The molecule has 0 aliphatic rings. The first-order chi connectivity index (χ1) is 6.81. The largest absolute Gasteiger partial charge is 0.334 e. The minimum Gasteiger partial charge on any atom is -0.334 e. The van der Waals surface area contributed by atoms with Crippen LogP contribution in [-0.4, -0.2) is 14.2 Å². The third kappa shape index (κ3) is 2.91. The number of hydrogen-bond acceptors (Lipinski definition) is 2. The fourth-order valence-corrected chi connectivity index (χ4v) is 2.17. The smallest absolute Gasteiger partial charge is 0.204 e. The molecule has 1 aromatic rings. The molecule has 0 saturated carbocycles.